The van der Waals surface area contributed by atoms with E-state index < -0.39 is 0 Å². The molecule has 0 heterocycles. The summed E-state index contributed by atoms with van der Waals surface area (Å²) in [4.78, 5) is 12.9. The summed E-state index contributed by atoms with van der Waals surface area (Å²) in [7, 11) is 5.46. The molecule has 88 valence electrons. The summed E-state index contributed by atoms with van der Waals surface area (Å²) in [5, 5.41) is 3.09. The van der Waals surface area contributed by atoms with Crippen LogP contribution in [0.1, 0.15) is 13.8 Å². The van der Waals surface area contributed by atoms with Gasteiger partial charge in [-0.3, -0.25) is 0 Å². The lowest BCUT2D eigenvalue weighted by molar-refractivity contribution is -0.134. The van der Waals surface area contributed by atoms with Crippen LogP contribution in [-0.2, 0) is 9.53 Å². The maximum absolute atomic E-state index is 10.8. The number of ether oxygens (including phenoxy) is 1. The number of nitrogens with one attached hydrogen (secondary N) is 1. The lowest BCUT2D eigenvalue weighted by atomic mass is 9.93. The van der Waals surface area contributed by atoms with Crippen molar-refractivity contribution in [3.63, 3.8) is 0 Å². The minimum Gasteiger partial charge on any atom is -0.466 e. The Morgan fingerprint density at radius 2 is 2.07 bits per heavy atom. The van der Waals surface area contributed by atoms with Gasteiger partial charge in [0.25, 0.3) is 0 Å². The molecule has 4 heteroatoms. The Hall–Kier alpha value is -1.03. The molecule has 1 N–H and O–H groups in total. The molecule has 0 aromatic carbocycles. The van der Waals surface area contributed by atoms with Crippen molar-refractivity contribution in [3.8, 4) is 0 Å². The van der Waals surface area contributed by atoms with Gasteiger partial charge < -0.3 is 15.0 Å². The zero-order chi connectivity index (χ0) is 11.9. The molecule has 0 aromatic rings. The van der Waals surface area contributed by atoms with Crippen molar-refractivity contribution < 1.29 is 9.53 Å². The number of nitrogens with zero attached hydrogens (tertiary/aromatic N) is 1. The van der Waals surface area contributed by atoms with Crippen LogP contribution in [0.25, 0.3) is 0 Å². The normalized spacial score (nSPS) is 12.1. The van der Waals surface area contributed by atoms with E-state index in [0.717, 1.165) is 13.1 Å². The molecular formula is C11H22N2O2. The van der Waals surface area contributed by atoms with Crippen molar-refractivity contribution in [2.24, 2.45) is 5.41 Å². The third-order valence-corrected chi connectivity index (χ3v) is 1.86. The Bertz CT molecular complexity index is 223. The second-order valence-electron chi connectivity index (χ2n) is 4.64. The number of methoxy groups -OCH3 is 1. The molecule has 0 bridgehead atoms. The molecule has 0 aliphatic rings. The van der Waals surface area contributed by atoms with E-state index in [1.807, 2.05) is 14.1 Å². The topological polar surface area (TPSA) is 41.6 Å². The number of hydrogen-bond donors (Lipinski definition) is 1. The van der Waals surface area contributed by atoms with Crippen LogP contribution in [-0.4, -0.2) is 45.2 Å². The van der Waals surface area contributed by atoms with E-state index in [1.54, 1.807) is 6.20 Å². The zero-order valence-electron chi connectivity index (χ0n) is 10.3. The Labute approximate surface area is 92.3 Å². The van der Waals surface area contributed by atoms with E-state index >= 15 is 0 Å². The van der Waals surface area contributed by atoms with Crippen molar-refractivity contribution in [3.05, 3.63) is 12.3 Å². The molecule has 0 amide bonds. The monoisotopic (exact) mass is 214 g/mol. The van der Waals surface area contributed by atoms with Crippen molar-refractivity contribution >= 4 is 5.97 Å². The standard InChI is InChI=1S/C11H22N2O2/c1-11(2,9-13(3)4)8-12-7-6-10(14)15-5/h6-7,12H,8-9H2,1-5H3/b7-6+. The van der Waals surface area contributed by atoms with Gasteiger partial charge >= 0.3 is 5.97 Å². The molecular weight excluding hydrogens is 192 g/mol. The highest BCUT2D eigenvalue weighted by Crippen LogP contribution is 2.13. The largest absolute Gasteiger partial charge is 0.466 e. The van der Waals surface area contributed by atoms with Gasteiger partial charge in [-0.2, -0.15) is 0 Å². The summed E-state index contributed by atoms with van der Waals surface area (Å²) in [6, 6.07) is 0. The molecule has 0 saturated heterocycles. The van der Waals surface area contributed by atoms with Gasteiger partial charge in [-0.1, -0.05) is 13.8 Å². The van der Waals surface area contributed by atoms with Gasteiger partial charge in [0, 0.05) is 25.4 Å². The first kappa shape index (κ1) is 14.0. The van der Waals surface area contributed by atoms with Crippen LogP contribution in [0.2, 0.25) is 0 Å². The molecule has 0 fully saturated rings. The molecule has 0 saturated carbocycles. The van der Waals surface area contributed by atoms with Crippen molar-refractivity contribution in [2.45, 2.75) is 13.8 Å². The highest BCUT2D eigenvalue weighted by molar-refractivity contribution is 5.81. The van der Waals surface area contributed by atoms with Crippen LogP contribution in [0, 0.1) is 5.41 Å². The fourth-order valence-electron chi connectivity index (χ4n) is 1.44. The van der Waals surface area contributed by atoms with Crippen LogP contribution in [0.15, 0.2) is 12.3 Å². The van der Waals surface area contributed by atoms with Crippen LogP contribution < -0.4 is 5.32 Å². The van der Waals surface area contributed by atoms with Crippen LogP contribution in [0.4, 0.5) is 0 Å². The van der Waals surface area contributed by atoms with Crippen molar-refractivity contribution in [1.29, 1.82) is 0 Å². The summed E-state index contributed by atoms with van der Waals surface area (Å²) in [5.74, 6) is -0.340. The molecule has 4 nitrogen and oxygen atoms in total. The summed E-state index contributed by atoms with van der Waals surface area (Å²) < 4.78 is 4.47. The Morgan fingerprint density at radius 1 is 1.47 bits per heavy atom. The summed E-state index contributed by atoms with van der Waals surface area (Å²) in [6.45, 7) is 6.16. The number of carbonyl (C=O) groups is 1. The average Bonchev–Trinajstić information content (AvgIpc) is 2.10. The van der Waals surface area contributed by atoms with E-state index in [4.69, 9.17) is 0 Å². The molecule has 0 aliphatic carbocycles. The fraction of sp³-hybridized carbons (Fsp3) is 0.727. The number of hydrogen-bond acceptors (Lipinski definition) is 4. The third kappa shape index (κ3) is 8.00. The van der Waals surface area contributed by atoms with Crippen molar-refractivity contribution in [2.75, 3.05) is 34.3 Å². The van der Waals surface area contributed by atoms with E-state index in [-0.39, 0.29) is 11.4 Å². The Morgan fingerprint density at radius 3 is 2.53 bits per heavy atom. The van der Waals surface area contributed by atoms with Gasteiger partial charge in [0.1, 0.15) is 0 Å². The fourth-order valence-corrected chi connectivity index (χ4v) is 1.44. The van der Waals surface area contributed by atoms with Crippen LogP contribution >= 0.6 is 0 Å². The first-order valence-electron chi connectivity index (χ1n) is 5.00. The molecule has 0 radical (unpaired) electrons. The third-order valence-electron chi connectivity index (χ3n) is 1.86. The zero-order valence-corrected chi connectivity index (χ0v) is 10.3. The second kappa shape index (κ2) is 6.45. The van der Waals surface area contributed by atoms with Crippen LogP contribution in [0.3, 0.4) is 0 Å². The first-order valence-corrected chi connectivity index (χ1v) is 5.00. The van der Waals surface area contributed by atoms with E-state index in [1.165, 1.54) is 13.2 Å². The first-order chi connectivity index (χ1) is 6.87. The predicted molar refractivity (Wildman–Crippen MR) is 61.5 cm³/mol. The molecule has 0 unspecified atom stereocenters. The smallest absolute Gasteiger partial charge is 0.331 e. The molecule has 0 aromatic heterocycles. The van der Waals surface area contributed by atoms with E-state index in [0.29, 0.717) is 0 Å². The summed E-state index contributed by atoms with van der Waals surface area (Å²) in [5.41, 5.74) is 0.171. The molecule has 0 rings (SSSR count). The van der Waals surface area contributed by atoms with Gasteiger partial charge in [0.15, 0.2) is 0 Å². The van der Waals surface area contributed by atoms with Gasteiger partial charge in [-0.15, -0.1) is 0 Å². The van der Waals surface area contributed by atoms with E-state index in [9.17, 15) is 4.79 Å². The van der Waals surface area contributed by atoms with Crippen LogP contribution in [0.5, 0.6) is 0 Å². The van der Waals surface area contributed by atoms with Gasteiger partial charge in [-0.25, -0.2) is 4.79 Å². The lowest BCUT2D eigenvalue weighted by Crippen LogP contribution is -2.36. The van der Waals surface area contributed by atoms with E-state index in [2.05, 4.69) is 28.8 Å². The minimum atomic E-state index is -0.340. The highest BCUT2D eigenvalue weighted by Gasteiger charge is 2.17. The molecule has 0 aliphatic heterocycles. The number of esters is 1. The Kier molecular flexibility index (Phi) is 6.01. The minimum absolute atomic E-state index is 0.171. The highest BCUT2D eigenvalue weighted by atomic mass is 16.5. The van der Waals surface area contributed by atoms with Gasteiger partial charge in [0.05, 0.1) is 7.11 Å². The van der Waals surface area contributed by atoms with Gasteiger partial charge in [0.2, 0.25) is 0 Å². The average molecular weight is 214 g/mol. The van der Waals surface area contributed by atoms with Gasteiger partial charge in [-0.05, 0) is 19.5 Å². The maximum atomic E-state index is 10.8. The SMILES string of the molecule is COC(=O)/C=C/NCC(C)(C)CN(C)C. The van der Waals surface area contributed by atoms with Crippen molar-refractivity contribution in [1.82, 2.24) is 10.2 Å². The number of carbonyl (C=O) groups excluding carboxylic acids is 1. The predicted octanol–water partition coefficient (Wildman–Crippen LogP) is 0.850. The second-order valence-corrected chi connectivity index (χ2v) is 4.64. The molecule has 15 heavy (non-hydrogen) atoms. The molecule has 0 atom stereocenters. The number of rotatable bonds is 6. The quantitative estimate of drug-likeness (QED) is 0.526. The summed E-state index contributed by atoms with van der Waals surface area (Å²) in [6.07, 6.45) is 3.01. The maximum Gasteiger partial charge on any atom is 0.331 e. The summed E-state index contributed by atoms with van der Waals surface area (Å²) >= 11 is 0. The molecule has 0 spiro atoms. The lowest BCUT2D eigenvalue weighted by Gasteiger charge is -2.28. The Balaban J connectivity index is 3.84.